The summed E-state index contributed by atoms with van der Waals surface area (Å²) in [6.45, 7) is 14.9. The highest BCUT2D eigenvalue weighted by atomic mass is 16.0. The number of hydrogen-bond acceptors (Lipinski definition) is 1. The number of quaternary nitrogens is 1. The summed E-state index contributed by atoms with van der Waals surface area (Å²) in [6, 6.07) is 0. The summed E-state index contributed by atoms with van der Waals surface area (Å²) in [5.74, 6) is 0. The van der Waals surface area contributed by atoms with Gasteiger partial charge >= 0.3 is 0 Å². The Bertz CT molecular complexity index is 138. The van der Waals surface area contributed by atoms with Crippen molar-refractivity contribution in [2.24, 2.45) is 0 Å². The van der Waals surface area contributed by atoms with Gasteiger partial charge in [0.05, 0.1) is 26.2 Å². The summed E-state index contributed by atoms with van der Waals surface area (Å²) >= 11 is 0. The van der Waals surface area contributed by atoms with E-state index in [2.05, 4.69) is 27.7 Å². The van der Waals surface area contributed by atoms with Gasteiger partial charge in [-0.05, 0) is 39.0 Å². The highest BCUT2D eigenvalue weighted by Gasteiger charge is 2.22. The van der Waals surface area contributed by atoms with E-state index >= 15 is 0 Å². The van der Waals surface area contributed by atoms with Crippen LogP contribution >= 0.6 is 0 Å². The monoisotopic (exact) mass is 245 g/mol. The van der Waals surface area contributed by atoms with E-state index in [1.54, 1.807) is 0 Å². The molecule has 0 aliphatic heterocycles. The zero-order valence-electron chi connectivity index (χ0n) is 12.7. The average molecular weight is 245 g/mol. The predicted octanol–water partition coefficient (Wildman–Crippen LogP) is 4.44. The molecule has 0 saturated heterocycles. The van der Waals surface area contributed by atoms with Crippen molar-refractivity contribution in [1.82, 2.24) is 0 Å². The Hall–Kier alpha value is -0.0800. The largest absolute Gasteiger partial charge is 0.870 e. The maximum atomic E-state index is 2.38. The third-order valence-corrected chi connectivity index (χ3v) is 3.84. The summed E-state index contributed by atoms with van der Waals surface area (Å²) < 4.78 is 1.39. The molecule has 2 nitrogen and oxygen atoms in total. The molecule has 0 spiro atoms. The zero-order valence-corrected chi connectivity index (χ0v) is 12.7. The molecular weight excluding hydrogens is 210 g/mol. The quantitative estimate of drug-likeness (QED) is 0.391. The molecule has 0 bridgehead atoms. The number of rotatable bonds is 11. The third kappa shape index (κ3) is 8.62. The first-order chi connectivity index (χ1) is 7.74. The Labute approximate surface area is 109 Å². The molecule has 0 rings (SSSR count). The van der Waals surface area contributed by atoms with Crippen LogP contribution in [0.15, 0.2) is 0 Å². The SMILES string of the molecule is CCCCC[N+](CC)(CCC)CCCCC.[OH-]. The smallest absolute Gasteiger partial charge is 0.0786 e. The van der Waals surface area contributed by atoms with E-state index in [1.807, 2.05) is 0 Å². The van der Waals surface area contributed by atoms with Crippen molar-refractivity contribution in [2.75, 3.05) is 26.2 Å². The van der Waals surface area contributed by atoms with Gasteiger partial charge in [0.2, 0.25) is 0 Å². The fraction of sp³-hybridized carbons (Fsp3) is 1.00. The number of nitrogens with zero attached hydrogens (tertiary/aromatic N) is 1. The molecule has 0 amide bonds. The van der Waals surface area contributed by atoms with Gasteiger partial charge < -0.3 is 9.96 Å². The molecule has 0 unspecified atom stereocenters. The lowest BCUT2D eigenvalue weighted by molar-refractivity contribution is -0.927. The Kier molecular flexibility index (Phi) is 14.0. The second-order valence-electron chi connectivity index (χ2n) is 5.24. The van der Waals surface area contributed by atoms with Crippen LogP contribution in [0.25, 0.3) is 0 Å². The zero-order chi connectivity index (χ0) is 12.3. The van der Waals surface area contributed by atoms with E-state index in [9.17, 15) is 0 Å². The summed E-state index contributed by atoms with van der Waals surface area (Å²) in [6.07, 6.45) is 9.73. The minimum absolute atomic E-state index is 0. The first kappa shape index (κ1) is 19.3. The molecule has 0 aliphatic carbocycles. The second-order valence-corrected chi connectivity index (χ2v) is 5.24. The molecule has 0 aromatic heterocycles. The van der Waals surface area contributed by atoms with Crippen molar-refractivity contribution in [3.8, 4) is 0 Å². The fourth-order valence-electron chi connectivity index (χ4n) is 2.68. The highest BCUT2D eigenvalue weighted by Crippen LogP contribution is 2.14. The van der Waals surface area contributed by atoms with Crippen LogP contribution in [0.4, 0.5) is 0 Å². The highest BCUT2D eigenvalue weighted by molar-refractivity contribution is 4.47. The van der Waals surface area contributed by atoms with E-state index in [0.29, 0.717) is 0 Å². The van der Waals surface area contributed by atoms with Crippen LogP contribution in [-0.2, 0) is 0 Å². The summed E-state index contributed by atoms with van der Waals surface area (Å²) in [7, 11) is 0. The van der Waals surface area contributed by atoms with Gasteiger partial charge in [-0.1, -0.05) is 33.6 Å². The predicted molar refractivity (Wildman–Crippen MR) is 76.7 cm³/mol. The lowest BCUT2D eigenvalue weighted by Gasteiger charge is -2.38. The average Bonchev–Trinajstić information content (AvgIpc) is 2.29. The second kappa shape index (κ2) is 12.4. The molecule has 2 heteroatoms. The van der Waals surface area contributed by atoms with Crippen LogP contribution in [0.5, 0.6) is 0 Å². The Morgan fingerprint density at radius 2 is 1.06 bits per heavy atom. The molecule has 0 aliphatic rings. The van der Waals surface area contributed by atoms with Gasteiger partial charge in [0.15, 0.2) is 0 Å². The topological polar surface area (TPSA) is 30.0 Å². The number of hydrogen-bond donors (Lipinski definition) is 0. The standard InChI is InChI=1S/C15H34N.H2O/c1-5-9-11-14-16(8-4,13-7-3)15-12-10-6-2;/h5-15H2,1-4H3;1H2/q+1;/p-1. The lowest BCUT2D eigenvalue weighted by atomic mass is 10.1. The van der Waals surface area contributed by atoms with Crippen molar-refractivity contribution < 1.29 is 9.96 Å². The summed E-state index contributed by atoms with van der Waals surface area (Å²) in [5.41, 5.74) is 0. The van der Waals surface area contributed by atoms with Crippen molar-refractivity contribution in [3.63, 3.8) is 0 Å². The Balaban J connectivity index is 0. The minimum atomic E-state index is 0. The molecule has 0 aromatic carbocycles. The maximum absolute atomic E-state index is 2.38. The van der Waals surface area contributed by atoms with E-state index in [4.69, 9.17) is 0 Å². The molecule has 0 heterocycles. The lowest BCUT2D eigenvalue weighted by Crippen LogP contribution is -2.49. The third-order valence-electron chi connectivity index (χ3n) is 3.84. The molecule has 0 fully saturated rings. The van der Waals surface area contributed by atoms with Crippen LogP contribution in [0.1, 0.15) is 72.6 Å². The molecule has 0 saturated carbocycles. The normalized spacial score (nSPS) is 11.3. The molecule has 106 valence electrons. The van der Waals surface area contributed by atoms with Crippen LogP contribution in [0, 0.1) is 0 Å². The molecule has 1 N–H and O–H groups in total. The van der Waals surface area contributed by atoms with Crippen molar-refractivity contribution in [3.05, 3.63) is 0 Å². The summed E-state index contributed by atoms with van der Waals surface area (Å²) in [4.78, 5) is 0. The maximum Gasteiger partial charge on any atom is 0.0786 e. The first-order valence-corrected chi connectivity index (χ1v) is 7.59. The molecule has 17 heavy (non-hydrogen) atoms. The Morgan fingerprint density at radius 3 is 1.35 bits per heavy atom. The van der Waals surface area contributed by atoms with Crippen molar-refractivity contribution in [2.45, 2.75) is 72.6 Å². The van der Waals surface area contributed by atoms with Crippen LogP contribution in [0.2, 0.25) is 0 Å². The van der Waals surface area contributed by atoms with Crippen molar-refractivity contribution >= 4 is 0 Å². The minimum Gasteiger partial charge on any atom is -0.870 e. The Morgan fingerprint density at radius 1 is 0.588 bits per heavy atom. The van der Waals surface area contributed by atoms with Gasteiger partial charge in [-0.3, -0.25) is 0 Å². The molecule has 0 radical (unpaired) electrons. The van der Waals surface area contributed by atoms with E-state index < -0.39 is 0 Å². The fourth-order valence-corrected chi connectivity index (χ4v) is 2.68. The van der Waals surface area contributed by atoms with Gasteiger partial charge in [-0.15, -0.1) is 0 Å². The van der Waals surface area contributed by atoms with Gasteiger partial charge in [-0.2, -0.15) is 0 Å². The van der Waals surface area contributed by atoms with E-state index in [1.165, 1.54) is 75.6 Å². The first-order valence-electron chi connectivity index (χ1n) is 7.59. The van der Waals surface area contributed by atoms with Gasteiger partial charge in [-0.25, -0.2) is 0 Å². The molecular formula is C15H35NO. The van der Waals surface area contributed by atoms with Crippen LogP contribution in [0.3, 0.4) is 0 Å². The van der Waals surface area contributed by atoms with Gasteiger partial charge in [0.1, 0.15) is 0 Å². The van der Waals surface area contributed by atoms with Gasteiger partial charge in [0.25, 0.3) is 0 Å². The van der Waals surface area contributed by atoms with E-state index in [0.717, 1.165) is 0 Å². The van der Waals surface area contributed by atoms with Crippen molar-refractivity contribution in [1.29, 1.82) is 0 Å². The molecule has 0 aromatic rings. The van der Waals surface area contributed by atoms with E-state index in [-0.39, 0.29) is 5.48 Å². The molecule has 0 atom stereocenters. The van der Waals surface area contributed by atoms with Crippen LogP contribution < -0.4 is 0 Å². The number of unbranched alkanes of at least 4 members (excludes halogenated alkanes) is 4. The van der Waals surface area contributed by atoms with Gasteiger partial charge in [0, 0.05) is 0 Å². The summed E-state index contributed by atoms with van der Waals surface area (Å²) in [5, 5.41) is 0. The van der Waals surface area contributed by atoms with Crippen LogP contribution in [-0.4, -0.2) is 36.1 Å².